The lowest BCUT2D eigenvalue weighted by atomic mass is 10.1. The average molecular weight is 380 g/mol. The van der Waals surface area contributed by atoms with Gasteiger partial charge in [-0.3, -0.25) is 9.69 Å². The molecule has 0 aromatic heterocycles. The number of nitrogens with zero attached hydrogens (tertiary/aromatic N) is 3. The van der Waals surface area contributed by atoms with Crippen molar-refractivity contribution in [2.45, 2.75) is 17.7 Å². The molecule has 0 aliphatic carbocycles. The van der Waals surface area contributed by atoms with Gasteiger partial charge >= 0.3 is 0 Å². The highest BCUT2D eigenvalue weighted by molar-refractivity contribution is 7.89. The lowest BCUT2D eigenvalue weighted by Crippen LogP contribution is -2.68. The van der Waals surface area contributed by atoms with Gasteiger partial charge in [-0.15, -0.1) is 0 Å². The highest BCUT2D eigenvalue weighted by Gasteiger charge is 2.39. The predicted octanol–water partition coefficient (Wildman–Crippen LogP) is 0.556. The topological polar surface area (TPSA) is 69.7 Å². The molecule has 0 radical (unpaired) electrons. The number of sulfonamides is 1. The number of benzene rings is 1. The highest BCUT2D eigenvalue weighted by Crippen LogP contribution is 2.23. The van der Waals surface area contributed by atoms with E-state index in [-0.39, 0.29) is 5.91 Å². The lowest BCUT2D eigenvalue weighted by molar-refractivity contribution is -0.933. The van der Waals surface area contributed by atoms with E-state index in [2.05, 4.69) is 10.2 Å². The first-order chi connectivity index (χ1) is 12.5. The van der Waals surface area contributed by atoms with Crippen LogP contribution in [0.1, 0.15) is 12.8 Å². The Kier molecular flexibility index (Phi) is 4.77. The molecule has 1 aromatic rings. The average Bonchev–Trinajstić information content (AvgIpc) is 3.19. The van der Waals surface area contributed by atoms with Gasteiger partial charge in [-0.05, 0) is 37.1 Å². The van der Waals surface area contributed by atoms with Crippen molar-refractivity contribution in [1.82, 2.24) is 9.21 Å². The molecule has 26 heavy (non-hydrogen) atoms. The first-order valence-corrected chi connectivity index (χ1v) is 10.9. The molecule has 4 aliphatic rings. The molecule has 7 nitrogen and oxygen atoms in total. The number of piperazine rings is 3. The Balaban J connectivity index is 1.38. The van der Waals surface area contributed by atoms with Crippen molar-refractivity contribution in [3.05, 3.63) is 24.3 Å². The van der Waals surface area contributed by atoms with Gasteiger partial charge in [-0.25, -0.2) is 8.42 Å². The predicted molar refractivity (Wildman–Crippen MR) is 99.2 cm³/mol. The van der Waals surface area contributed by atoms with Gasteiger partial charge in [-0.1, -0.05) is 0 Å². The molecule has 1 N–H and O–H groups in total. The molecule has 2 bridgehead atoms. The molecular formula is C18H27N4O3S+. The molecule has 1 amide bonds. The van der Waals surface area contributed by atoms with E-state index in [0.717, 1.165) is 56.6 Å². The Morgan fingerprint density at radius 1 is 0.962 bits per heavy atom. The molecule has 0 spiro atoms. The van der Waals surface area contributed by atoms with Crippen molar-refractivity contribution >= 4 is 21.6 Å². The van der Waals surface area contributed by atoms with Crippen LogP contribution in [0.4, 0.5) is 5.69 Å². The smallest absolute Gasteiger partial charge is 0.279 e. The monoisotopic (exact) mass is 379 g/mol. The molecule has 4 aliphatic heterocycles. The van der Waals surface area contributed by atoms with Crippen molar-refractivity contribution < 1.29 is 17.7 Å². The molecule has 142 valence electrons. The zero-order valence-corrected chi connectivity index (χ0v) is 15.9. The van der Waals surface area contributed by atoms with E-state index in [1.807, 2.05) is 0 Å². The van der Waals surface area contributed by atoms with Crippen molar-refractivity contribution in [1.29, 1.82) is 0 Å². The third kappa shape index (κ3) is 3.51. The molecule has 8 heteroatoms. The van der Waals surface area contributed by atoms with E-state index >= 15 is 0 Å². The summed E-state index contributed by atoms with van der Waals surface area (Å²) in [5.74, 6) is 0.00972. The van der Waals surface area contributed by atoms with Crippen molar-refractivity contribution in [2.24, 2.45) is 0 Å². The maximum Gasteiger partial charge on any atom is 0.279 e. The van der Waals surface area contributed by atoms with E-state index in [9.17, 15) is 13.2 Å². The zero-order valence-electron chi connectivity index (χ0n) is 15.1. The Hall–Kier alpha value is -1.48. The minimum atomic E-state index is -3.40. The fourth-order valence-electron chi connectivity index (χ4n) is 4.26. The first kappa shape index (κ1) is 17.9. The fraction of sp³-hybridized carbons (Fsp3) is 0.611. The minimum absolute atomic E-state index is 0.00972. The van der Waals surface area contributed by atoms with Crippen LogP contribution in [0.2, 0.25) is 0 Å². The van der Waals surface area contributed by atoms with Gasteiger partial charge in [0.1, 0.15) is 0 Å². The summed E-state index contributed by atoms with van der Waals surface area (Å²) in [5.41, 5.74) is 0.657. The Labute approximate surface area is 155 Å². The molecule has 4 heterocycles. The van der Waals surface area contributed by atoms with Gasteiger partial charge in [0.2, 0.25) is 10.0 Å². The molecule has 4 fully saturated rings. The molecule has 5 rings (SSSR count). The van der Waals surface area contributed by atoms with Crippen molar-refractivity contribution in [3.8, 4) is 0 Å². The van der Waals surface area contributed by atoms with Crippen LogP contribution in [-0.2, 0) is 14.8 Å². The van der Waals surface area contributed by atoms with Crippen LogP contribution in [0.15, 0.2) is 29.2 Å². The van der Waals surface area contributed by atoms with Crippen LogP contribution >= 0.6 is 0 Å². The first-order valence-electron chi connectivity index (χ1n) is 9.45. The van der Waals surface area contributed by atoms with E-state index < -0.39 is 10.0 Å². The van der Waals surface area contributed by atoms with Gasteiger partial charge in [0.15, 0.2) is 6.54 Å². The van der Waals surface area contributed by atoms with Crippen LogP contribution in [0.5, 0.6) is 0 Å². The largest absolute Gasteiger partial charge is 0.321 e. The third-order valence-electron chi connectivity index (χ3n) is 5.99. The highest BCUT2D eigenvalue weighted by atomic mass is 32.2. The summed E-state index contributed by atoms with van der Waals surface area (Å²) >= 11 is 0. The zero-order chi connectivity index (χ0) is 18.2. The molecule has 0 unspecified atom stereocenters. The number of amides is 1. The number of nitrogens with one attached hydrogen (secondary N) is 1. The van der Waals surface area contributed by atoms with Crippen LogP contribution in [0.25, 0.3) is 0 Å². The number of hydrogen-bond donors (Lipinski definition) is 1. The van der Waals surface area contributed by atoms with E-state index in [1.165, 1.54) is 4.31 Å². The van der Waals surface area contributed by atoms with Crippen LogP contribution in [0.3, 0.4) is 0 Å². The summed E-state index contributed by atoms with van der Waals surface area (Å²) in [6.45, 7) is 8.06. The van der Waals surface area contributed by atoms with Gasteiger partial charge in [0.05, 0.1) is 24.5 Å². The summed E-state index contributed by atoms with van der Waals surface area (Å²) < 4.78 is 27.5. The maximum absolute atomic E-state index is 12.5. The van der Waals surface area contributed by atoms with Gasteiger partial charge in [-0.2, -0.15) is 4.31 Å². The standard InChI is InChI=1S/C18H26N4O3S/c23-18(15-22-12-9-20(10-13-22)11-14-22)19-16-3-5-17(6-4-16)26(24,25)21-7-1-2-8-21/h3-6H,1-2,7-15H2/p+1. The summed E-state index contributed by atoms with van der Waals surface area (Å²) in [6, 6.07) is 6.56. The van der Waals surface area contributed by atoms with Crippen LogP contribution in [-0.4, -0.2) is 86.9 Å². The molecule has 0 saturated carbocycles. The van der Waals surface area contributed by atoms with E-state index in [4.69, 9.17) is 0 Å². The van der Waals surface area contributed by atoms with Crippen molar-refractivity contribution in [3.63, 3.8) is 0 Å². The summed E-state index contributed by atoms with van der Waals surface area (Å²) in [6.07, 6.45) is 1.84. The second-order valence-corrected chi connectivity index (χ2v) is 9.63. The second kappa shape index (κ2) is 6.92. The molecule has 0 atom stereocenters. The van der Waals surface area contributed by atoms with E-state index in [1.54, 1.807) is 24.3 Å². The number of quaternary nitrogens is 1. The van der Waals surface area contributed by atoms with Crippen LogP contribution < -0.4 is 5.32 Å². The Morgan fingerprint density at radius 2 is 1.54 bits per heavy atom. The number of carbonyl (C=O) groups is 1. The van der Waals surface area contributed by atoms with Gasteiger partial charge < -0.3 is 9.80 Å². The van der Waals surface area contributed by atoms with Gasteiger partial charge in [0.25, 0.3) is 5.91 Å². The minimum Gasteiger partial charge on any atom is -0.321 e. The lowest BCUT2D eigenvalue weighted by Gasteiger charge is -2.50. The summed E-state index contributed by atoms with van der Waals surface area (Å²) in [7, 11) is -3.40. The Morgan fingerprint density at radius 3 is 2.12 bits per heavy atom. The normalized spacial score (nSPS) is 29.0. The third-order valence-corrected chi connectivity index (χ3v) is 7.90. The molecule has 4 saturated heterocycles. The van der Waals surface area contributed by atoms with Gasteiger partial charge in [0, 0.05) is 38.4 Å². The number of hydrogen-bond acceptors (Lipinski definition) is 4. The maximum atomic E-state index is 12.5. The SMILES string of the molecule is O=C(C[N+]12CCN(CC1)CC2)Nc1ccc(S(=O)(=O)N2CCCC2)cc1. The summed E-state index contributed by atoms with van der Waals surface area (Å²) in [4.78, 5) is 15.2. The molecular weight excluding hydrogens is 352 g/mol. The quantitative estimate of drug-likeness (QED) is 0.759. The number of fused-ring (bicyclic) bond motifs is 3. The number of rotatable bonds is 5. The van der Waals surface area contributed by atoms with E-state index in [0.29, 0.717) is 30.2 Å². The second-order valence-electron chi connectivity index (χ2n) is 7.70. The fourth-order valence-corrected chi connectivity index (χ4v) is 5.78. The molecule has 1 aromatic carbocycles. The van der Waals surface area contributed by atoms with Crippen LogP contribution in [0, 0.1) is 0 Å². The number of carbonyl (C=O) groups excluding carboxylic acids is 1. The Bertz CT molecular complexity index is 750. The van der Waals surface area contributed by atoms with Crippen molar-refractivity contribution in [2.75, 3.05) is 64.2 Å². The number of anilines is 1. The summed E-state index contributed by atoms with van der Waals surface area (Å²) in [5, 5.41) is 2.94.